The van der Waals surface area contributed by atoms with Crippen molar-refractivity contribution in [3.63, 3.8) is 0 Å². The number of aliphatic hydroxyl groups excluding tert-OH is 1. The van der Waals surface area contributed by atoms with Crippen LogP contribution in [0.2, 0.25) is 0 Å². The molecule has 0 heterocycles. The second-order valence-corrected chi connectivity index (χ2v) is 4.23. The first-order valence-electron chi connectivity index (χ1n) is 5.69. The van der Waals surface area contributed by atoms with Crippen LogP contribution >= 0.6 is 0 Å². The molecule has 0 amide bonds. The van der Waals surface area contributed by atoms with Gasteiger partial charge in [-0.1, -0.05) is 18.2 Å². The molecule has 2 rings (SSSR count). The quantitative estimate of drug-likeness (QED) is 0.879. The summed E-state index contributed by atoms with van der Waals surface area (Å²) in [5.41, 5.74) is 1.52. The summed E-state index contributed by atoms with van der Waals surface area (Å²) < 4.78 is 40.2. The summed E-state index contributed by atoms with van der Waals surface area (Å²) in [6.07, 6.45) is -1.22. The van der Waals surface area contributed by atoms with Crippen LogP contribution in [0.25, 0.3) is 5.57 Å². The van der Waals surface area contributed by atoms with E-state index in [9.17, 15) is 18.3 Å². The van der Waals surface area contributed by atoms with Gasteiger partial charge in [-0.15, -0.1) is 13.2 Å². The number of halogens is 3. The number of hydrogen-bond donors (Lipinski definition) is 1. The van der Waals surface area contributed by atoms with Crippen LogP contribution < -0.4 is 4.74 Å². The Morgan fingerprint density at radius 2 is 2.06 bits per heavy atom. The van der Waals surface area contributed by atoms with Crippen molar-refractivity contribution >= 4 is 5.57 Å². The van der Waals surface area contributed by atoms with E-state index in [4.69, 9.17) is 0 Å². The molecule has 2 nitrogen and oxygen atoms in total. The fraction of sp³-hybridized carbons (Fsp3) is 0.385. The Bertz CT molecular complexity index is 452. The van der Waals surface area contributed by atoms with E-state index < -0.39 is 12.5 Å². The van der Waals surface area contributed by atoms with Gasteiger partial charge in [0.05, 0.1) is 6.10 Å². The van der Waals surface area contributed by atoms with Gasteiger partial charge in [0.25, 0.3) is 0 Å². The smallest absolute Gasteiger partial charge is 0.406 e. The zero-order valence-electron chi connectivity index (χ0n) is 9.57. The summed E-state index contributed by atoms with van der Waals surface area (Å²) in [5, 5.41) is 9.51. The van der Waals surface area contributed by atoms with Crippen LogP contribution in [0.5, 0.6) is 5.75 Å². The molecular weight excluding hydrogens is 245 g/mol. The monoisotopic (exact) mass is 258 g/mol. The van der Waals surface area contributed by atoms with Gasteiger partial charge in [0.2, 0.25) is 0 Å². The summed E-state index contributed by atoms with van der Waals surface area (Å²) in [4.78, 5) is 0. The summed E-state index contributed by atoms with van der Waals surface area (Å²) in [6, 6.07) is 5.83. The Kier molecular flexibility index (Phi) is 3.61. The highest BCUT2D eigenvalue weighted by Gasteiger charge is 2.31. The second kappa shape index (κ2) is 5.02. The first-order valence-corrected chi connectivity index (χ1v) is 5.69. The van der Waals surface area contributed by atoms with E-state index in [0.717, 1.165) is 18.4 Å². The molecule has 18 heavy (non-hydrogen) atoms. The molecule has 0 aromatic heterocycles. The Hall–Kier alpha value is -1.49. The van der Waals surface area contributed by atoms with Crippen LogP contribution in [0.3, 0.4) is 0 Å². The van der Waals surface area contributed by atoms with Crippen molar-refractivity contribution in [1.29, 1.82) is 0 Å². The molecule has 0 radical (unpaired) electrons. The van der Waals surface area contributed by atoms with Crippen molar-refractivity contribution in [1.82, 2.24) is 0 Å². The molecule has 0 spiro atoms. The minimum absolute atomic E-state index is 0.235. The SMILES string of the molecule is OC1C=C(c2cccc(OC(F)(F)F)c2)CCC1. The van der Waals surface area contributed by atoms with Gasteiger partial charge >= 0.3 is 6.36 Å². The molecule has 98 valence electrons. The molecule has 0 aliphatic heterocycles. The van der Waals surface area contributed by atoms with Crippen LogP contribution in [0, 0.1) is 0 Å². The zero-order chi connectivity index (χ0) is 13.2. The first-order chi connectivity index (χ1) is 8.44. The van der Waals surface area contributed by atoms with E-state index in [1.54, 1.807) is 12.1 Å². The van der Waals surface area contributed by atoms with Crippen LogP contribution in [-0.2, 0) is 0 Å². The van der Waals surface area contributed by atoms with Crippen molar-refractivity contribution in [3.8, 4) is 5.75 Å². The van der Waals surface area contributed by atoms with Crippen molar-refractivity contribution in [2.24, 2.45) is 0 Å². The molecule has 0 saturated heterocycles. The lowest BCUT2D eigenvalue weighted by Crippen LogP contribution is -2.17. The number of rotatable bonds is 2. The van der Waals surface area contributed by atoms with Crippen LogP contribution in [0.1, 0.15) is 24.8 Å². The minimum Gasteiger partial charge on any atom is -0.406 e. The summed E-state index contributed by atoms with van der Waals surface area (Å²) in [5.74, 6) is -0.235. The Morgan fingerprint density at radius 1 is 1.28 bits per heavy atom. The summed E-state index contributed by atoms with van der Waals surface area (Å²) in [7, 11) is 0. The van der Waals surface area contributed by atoms with Gasteiger partial charge in [0, 0.05) is 0 Å². The molecule has 1 atom stereocenters. The summed E-state index contributed by atoms with van der Waals surface area (Å²) in [6.45, 7) is 0. The van der Waals surface area contributed by atoms with Crippen LogP contribution in [-0.4, -0.2) is 17.6 Å². The van der Waals surface area contributed by atoms with Crippen molar-refractivity contribution < 1.29 is 23.0 Å². The third-order valence-electron chi connectivity index (χ3n) is 2.78. The van der Waals surface area contributed by atoms with Crippen molar-refractivity contribution in [2.45, 2.75) is 31.7 Å². The number of hydrogen-bond acceptors (Lipinski definition) is 2. The van der Waals surface area contributed by atoms with E-state index in [1.807, 2.05) is 0 Å². The molecule has 1 aliphatic carbocycles. The maximum absolute atomic E-state index is 12.1. The average molecular weight is 258 g/mol. The highest BCUT2D eigenvalue weighted by molar-refractivity contribution is 5.67. The van der Waals surface area contributed by atoms with E-state index in [0.29, 0.717) is 12.0 Å². The van der Waals surface area contributed by atoms with E-state index in [1.165, 1.54) is 18.2 Å². The topological polar surface area (TPSA) is 29.5 Å². The first kappa shape index (κ1) is 13.0. The molecular formula is C13H13F3O2. The van der Waals surface area contributed by atoms with Crippen LogP contribution in [0.4, 0.5) is 13.2 Å². The molecule has 1 aromatic carbocycles. The van der Waals surface area contributed by atoms with E-state index in [-0.39, 0.29) is 5.75 Å². The second-order valence-electron chi connectivity index (χ2n) is 4.23. The molecule has 1 aromatic rings. The number of alkyl halides is 3. The van der Waals surface area contributed by atoms with E-state index >= 15 is 0 Å². The van der Waals surface area contributed by atoms with Gasteiger partial charge in [-0.3, -0.25) is 0 Å². The maximum atomic E-state index is 12.1. The van der Waals surface area contributed by atoms with Gasteiger partial charge < -0.3 is 9.84 Å². The van der Waals surface area contributed by atoms with Gasteiger partial charge in [0.15, 0.2) is 0 Å². The largest absolute Gasteiger partial charge is 0.573 e. The average Bonchev–Trinajstić information content (AvgIpc) is 2.27. The van der Waals surface area contributed by atoms with Crippen molar-refractivity contribution in [2.75, 3.05) is 0 Å². The van der Waals surface area contributed by atoms with Gasteiger partial charge in [0.1, 0.15) is 5.75 Å². The lowest BCUT2D eigenvalue weighted by atomic mass is 9.92. The number of aliphatic hydroxyl groups is 1. The minimum atomic E-state index is -4.68. The Labute approximate surface area is 103 Å². The Morgan fingerprint density at radius 3 is 2.72 bits per heavy atom. The van der Waals surface area contributed by atoms with Crippen molar-refractivity contribution in [3.05, 3.63) is 35.9 Å². The van der Waals surface area contributed by atoms with Gasteiger partial charge in [-0.2, -0.15) is 0 Å². The molecule has 5 heteroatoms. The lowest BCUT2D eigenvalue weighted by Gasteiger charge is -2.18. The standard InChI is InChI=1S/C13H13F3O2/c14-13(15,16)18-12-6-2-4-10(8-12)9-3-1-5-11(17)7-9/h2,4,6-8,11,17H,1,3,5H2. The Balaban J connectivity index is 2.22. The van der Waals surface area contributed by atoms with Gasteiger partial charge in [-0.05, 0) is 42.5 Å². The fourth-order valence-corrected chi connectivity index (χ4v) is 2.03. The molecule has 0 bridgehead atoms. The maximum Gasteiger partial charge on any atom is 0.573 e. The third-order valence-corrected chi connectivity index (χ3v) is 2.78. The highest BCUT2D eigenvalue weighted by Crippen LogP contribution is 2.30. The predicted octanol–water partition coefficient (Wildman–Crippen LogP) is 3.51. The normalized spacial score (nSPS) is 20.4. The molecule has 0 fully saturated rings. The lowest BCUT2D eigenvalue weighted by molar-refractivity contribution is -0.274. The molecule has 0 saturated carbocycles. The fourth-order valence-electron chi connectivity index (χ4n) is 2.03. The molecule has 1 unspecified atom stereocenters. The van der Waals surface area contributed by atoms with E-state index in [2.05, 4.69) is 4.74 Å². The zero-order valence-corrected chi connectivity index (χ0v) is 9.57. The molecule has 1 N–H and O–H groups in total. The van der Waals surface area contributed by atoms with Crippen LogP contribution in [0.15, 0.2) is 30.3 Å². The third kappa shape index (κ3) is 3.50. The summed E-state index contributed by atoms with van der Waals surface area (Å²) >= 11 is 0. The number of allylic oxidation sites excluding steroid dienone is 1. The predicted molar refractivity (Wildman–Crippen MR) is 61.0 cm³/mol. The van der Waals surface area contributed by atoms with Gasteiger partial charge in [-0.25, -0.2) is 0 Å². The molecule has 1 aliphatic rings. The highest BCUT2D eigenvalue weighted by atomic mass is 19.4. The number of benzene rings is 1. The number of ether oxygens (including phenoxy) is 1.